The first-order valence-electron chi connectivity index (χ1n) is 8.48. The smallest absolute Gasteiger partial charge is 0.191 e. The van der Waals surface area contributed by atoms with Crippen LogP contribution < -0.4 is 15.4 Å². The molecule has 144 valence electrons. The van der Waals surface area contributed by atoms with Gasteiger partial charge in [0.2, 0.25) is 0 Å². The number of nitrogens with one attached hydrogen (secondary N) is 2. The number of imidazole rings is 1. The SMILES string of the molecule is CCOc1ccccc1CNC(=NC)NCc1cn2cc(Br)ccc2n1.I. The zero-order valence-corrected chi connectivity index (χ0v) is 19.2. The van der Waals surface area contributed by atoms with E-state index in [4.69, 9.17) is 4.74 Å². The molecule has 2 aromatic heterocycles. The monoisotopic (exact) mass is 543 g/mol. The molecule has 6 nitrogen and oxygen atoms in total. The minimum Gasteiger partial charge on any atom is -0.494 e. The zero-order valence-electron chi connectivity index (χ0n) is 15.3. The van der Waals surface area contributed by atoms with Gasteiger partial charge in [-0.1, -0.05) is 18.2 Å². The van der Waals surface area contributed by atoms with E-state index in [0.717, 1.165) is 33.1 Å². The number of guanidine groups is 1. The fourth-order valence-corrected chi connectivity index (χ4v) is 2.98. The largest absolute Gasteiger partial charge is 0.494 e. The average molecular weight is 544 g/mol. The summed E-state index contributed by atoms with van der Waals surface area (Å²) < 4.78 is 8.68. The maximum Gasteiger partial charge on any atom is 0.191 e. The summed E-state index contributed by atoms with van der Waals surface area (Å²) in [5.74, 6) is 1.61. The van der Waals surface area contributed by atoms with Crippen LogP contribution in [0.25, 0.3) is 5.65 Å². The van der Waals surface area contributed by atoms with E-state index in [1.807, 2.05) is 60.1 Å². The molecular weight excluding hydrogens is 521 g/mol. The molecule has 0 aliphatic heterocycles. The van der Waals surface area contributed by atoms with Gasteiger partial charge in [-0.05, 0) is 41.1 Å². The minimum absolute atomic E-state index is 0. The van der Waals surface area contributed by atoms with Gasteiger partial charge in [0, 0.05) is 36.0 Å². The van der Waals surface area contributed by atoms with Crippen LogP contribution in [0.1, 0.15) is 18.2 Å². The van der Waals surface area contributed by atoms with Gasteiger partial charge in [0.15, 0.2) is 5.96 Å². The molecule has 8 heteroatoms. The number of nitrogens with zero attached hydrogens (tertiary/aromatic N) is 3. The first-order valence-corrected chi connectivity index (χ1v) is 9.27. The summed E-state index contributed by atoms with van der Waals surface area (Å²) in [5, 5.41) is 6.61. The number of halogens is 2. The fourth-order valence-electron chi connectivity index (χ4n) is 2.62. The summed E-state index contributed by atoms with van der Waals surface area (Å²) in [7, 11) is 1.75. The van der Waals surface area contributed by atoms with Gasteiger partial charge in [0.05, 0.1) is 18.8 Å². The number of pyridine rings is 1. The predicted molar refractivity (Wildman–Crippen MR) is 123 cm³/mol. The number of hydrogen-bond acceptors (Lipinski definition) is 3. The highest BCUT2D eigenvalue weighted by Crippen LogP contribution is 2.17. The Balaban J connectivity index is 0.00000261. The molecule has 3 rings (SSSR count). The van der Waals surface area contributed by atoms with Crippen LogP contribution in [0.5, 0.6) is 5.75 Å². The fraction of sp³-hybridized carbons (Fsp3) is 0.263. The van der Waals surface area contributed by atoms with E-state index in [0.29, 0.717) is 19.7 Å². The van der Waals surface area contributed by atoms with Crippen LogP contribution in [0, 0.1) is 0 Å². The van der Waals surface area contributed by atoms with Gasteiger partial charge in [-0.25, -0.2) is 4.98 Å². The number of para-hydroxylation sites is 1. The van der Waals surface area contributed by atoms with Gasteiger partial charge >= 0.3 is 0 Å². The van der Waals surface area contributed by atoms with Crippen molar-refractivity contribution < 1.29 is 4.74 Å². The number of benzene rings is 1. The molecule has 0 amide bonds. The highest BCUT2D eigenvalue weighted by molar-refractivity contribution is 14.0. The number of ether oxygens (including phenoxy) is 1. The van der Waals surface area contributed by atoms with E-state index in [1.165, 1.54) is 0 Å². The molecule has 0 aliphatic rings. The summed E-state index contributed by atoms with van der Waals surface area (Å²) in [5.41, 5.74) is 2.95. The molecule has 0 fully saturated rings. The van der Waals surface area contributed by atoms with Crippen LogP contribution in [0.15, 0.2) is 58.3 Å². The van der Waals surface area contributed by atoms with Crippen molar-refractivity contribution in [3.05, 3.63) is 64.5 Å². The van der Waals surface area contributed by atoms with Gasteiger partial charge < -0.3 is 19.8 Å². The average Bonchev–Trinajstić information content (AvgIpc) is 3.05. The molecule has 0 atom stereocenters. The standard InChI is InChI=1S/C19H22BrN5O.HI/c1-3-26-17-7-5-4-6-14(17)10-22-19(21-2)23-11-16-13-25-12-15(20)8-9-18(25)24-16;/h4-9,12-13H,3,10-11H2,1-2H3,(H2,21,22,23);1H. The van der Waals surface area contributed by atoms with E-state index in [-0.39, 0.29) is 24.0 Å². The highest BCUT2D eigenvalue weighted by atomic mass is 127. The predicted octanol–water partition coefficient (Wildman–Crippen LogP) is 3.98. The lowest BCUT2D eigenvalue weighted by Gasteiger charge is -2.13. The maximum atomic E-state index is 5.66. The summed E-state index contributed by atoms with van der Waals surface area (Å²) in [4.78, 5) is 8.87. The first-order chi connectivity index (χ1) is 12.7. The molecule has 0 unspecified atom stereocenters. The molecule has 1 aromatic carbocycles. The third kappa shape index (κ3) is 5.83. The lowest BCUT2D eigenvalue weighted by Crippen LogP contribution is -2.36. The summed E-state index contributed by atoms with van der Waals surface area (Å²) in [6.07, 6.45) is 3.99. The maximum absolute atomic E-state index is 5.66. The molecule has 0 spiro atoms. The van der Waals surface area contributed by atoms with Crippen LogP contribution >= 0.6 is 39.9 Å². The van der Waals surface area contributed by atoms with Crippen LogP contribution in [0.2, 0.25) is 0 Å². The van der Waals surface area contributed by atoms with Crippen LogP contribution in [-0.2, 0) is 13.1 Å². The van der Waals surface area contributed by atoms with Crippen LogP contribution in [0.3, 0.4) is 0 Å². The highest BCUT2D eigenvalue weighted by Gasteiger charge is 2.06. The van der Waals surface area contributed by atoms with Gasteiger partial charge in [-0.3, -0.25) is 4.99 Å². The molecular formula is C19H23BrIN5O. The summed E-state index contributed by atoms with van der Waals surface area (Å²) in [6.45, 7) is 3.85. The van der Waals surface area contributed by atoms with E-state index in [1.54, 1.807) is 7.05 Å². The Hall–Kier alpha value is -1.81. The number of fused-ring (bicyclic) bond motifs is 1. The quantitative estimate of drug-likeness (QED) is 0.280. The number of rotatable bonds is 6. The van der Waals surface area contributed by atoms with E-state index in [2.05, 4.69) is 36.5 Å². The van der Waals surface area contributed by atoms with Gasteiger partial charge in [-0.15, -0.1) is 24.0 Å². The second kappa shape index (κ2) is 10.5. The Labute approximate surface area is 184 Å². The van der Waals surface area contributed by atoms with Crippen molar-refractivity contribution in [2.45, 2.75) is 20.0 Å². The molecule has 3 aromatic rings. The van der Waals surface area contributed by atoms with Crippen LogP contribution in [-0.4, -0.2) is 29.0 Å². The van der Waals surface area contributed by atoms with Crippen molar-refractivity contribution in [1.29, 1.82) is 0 Å². The normalized spacial score (nSPS) is 11.1. The molecule has 0 radical (unpaired) electrons. The zero-order chi connectivity index (χ0) is 18.4. The second-order valence-corrected chi connectivity index (χ2v) is 6.58. The molecule has 27 heavy (non-hydrogen) atoms. The van der Waals surface area contributed by atoms with Crippen molar-refractivity contribution in [2.75, 3.05) is 13.7 Å². The Kier molecular flexibility index (Phi) is 8.36. The molecule has 0 saturated heterocycles. The third-order valence-corrected chi connectivity index (χ3v) is 4.31. The first kappa shape index (κ1) is 21.5. The lowest BCUT2D eigenvalue weighted by molar-refractivity contribution is 0.336. The van der Waals surface area contributed by atoms with E-state index < -0.39 is 0 Å². The molecule has 0 saturated carbocycles. The second-order valence-electron chi connectivity index (χ2n) is 5.67. The van der Waals surface area contributed by atoms with Crippen molar-refractivity contribution in [1.82, 2.24) is 20.0 Å². The Morgan fingerprint density at radius 1 is 1.15 bits per heavy atom. The minimum atomic E-state index is 0. The summed E-state index contributed by atoms with van der Waals surface area (Å²) >= 11 is 3.47. The number of aliphatic imine (C=N–C) groups is 1. The Morgan fingerprint density at radius 3 is 2.70 bits per heavy atom. The van der Waals surface area contributed by atoms with Gasteiger partial charge in [0.1, 0.15) is 11.4 Å². The molecule has 2 N–H and O–H groups in total. The lowest BCUT2D eigenvalue weighted by atomic mass is 10.2. The number of aromatic nitrogens is 2. The van der Waals surface area contributed by atoms with Crippen LogP contribution in [0.4, 0.5) is 0 Å². The van der Waals surface area contributed by atoms with Crippen molar-refractivity contribution in [3.63, 3.8) is 0 Å². The van der Waals surface area contributed by atoms with Gasteiger partial charge in [0.25, 0.3) is 0 Å². The van der Waals surface area contributed by atoms with Crippen molar-refractivity contribution in [3.8, 4) is 5.75 Å². The van der Waals surface area contributed by atoms with Gasteiger partial charge in [-0.2, -0.15) is 0 Å². The molecule has 0 aliphatic carbocycles. The number of hydrogen-bond donors (Lipinski definition) is 2. The molecule has 0 bridgehead atoms. The topological polar surface area (TPSA) is 63.0 Å². The third-order valence-electron chi connectivity index (χ3n) is 3.84. The van der Waals surface area contributed by atoms with Crippen molar-refractivity contribution in [2.24, 2.45) is 4.99 Å². The van der Waals surface area contributed by atoms with E-state index in [9.17, 15) is 0 Å². The molecule has 2 heterocycles. The van der Waals surface area contributed by atoms with E-state index >= 15 is 0 Å². The Bertz CT molecular complexity index is 912. The Morgan fingerprint density at radius 2 is 1.93 bits per heavy atom. The summed E-state index contributed by atoms with van der Waals surface area (Å²) in [6, 6.07) is 12.0. The van der Waals surface area contributed by atoms with Crippen molar-refractivity contribution >= 4 is 51.5 Å².